The van der Waals surface area contributed by atoms with E-state index in [-0.39, 0.29) is 17.6 Å². The van der Waals surface area contributed by atoms with Crippen molar-refractivity contribution in [3.05, 3.63) is 65.2 Å². The van der Waals surface area contributed by atoms with Gasteiger partial charge in [0.2, 0.25) is 0 Å². The maximum Gasteiger partial charge on any atom is 0.416 e. The number of nitrogens with one attached hydrogen (secondary N) is 1. The maximum atomic E-state index is 14.0. The van der Waals surface area contributed by atoms with Gasteiger partial charge in [-0.1, -0.05) is 24.3 Å². The van der Waals surface area contributed by atoms with Crippen LogP contribution in [-0.4, -0.2) is 43.2 Å². The molecule has 4 rings (SSSR count). The first-order valence-corrected chi connectivity index (χ1v) is 11.2. The van der Waals surface area contributed by atoms with Gasteiger partial charge in [-0.2, -0.15) is 13.2 Å². The predicted octanol–water partition coefficient (Wildman–Crippen LogP) is 5.70. The van der Waals surface area contributed by atoms with Crippen molar-refractivity contribution in [3.8, 4) is 0 Å². The molecule has 0 radical (unpaired) electrons. The summed E-state index contributed by atoms with van der Waals surface area (Å²) in [6.07, 6.45) is -0.192. The van der Waals surface area contributed by atoms with E-state index in [0.717, 1.165) is 45.0 Å². The summed E-state index contributed by atoms with van der Waals surface area (Å²) in [5.74, 6) is -0.566. The molecule has 2 aromatic carbocycles. The van der Waals surface area contributed by atoms with Crippen LogP contribution < -0.4 is 5.32 Å². The minimum Gasteiger partial charge on any atom is -0.381 e. The van der Waals surface area contributed by atoms with Crippen molar-refractivity contribution in [2.24, 2.45) is 0 Å². The Morgan fingerprint density at radius 2 is 1.72 bits per heavy atom. The van der Waals surface area contributed by atoms with E-state index in [9.17, 15) is 18.0 Å². The van der Waals surface area contributed by atoms with Gasteiger partial charge >= 0.3 is 6.18 Å². The van der Waals surface area contributed by atoms with E-state index in [4.69, 9.17) is 4.74 Å². The number of nitrogens with zero attached hydrogens (tertiary/aromatic N) is 1. The van der Waals surface area contributed by atoms with Gasteiger partial charge < -0.3 is 15.0 Å². The molecule has 1 saturated heterocycles. The van der Waals surface area contributed by atoms with Gasteiger partial charge in [-0.25, -0.2) is 0 Å². The third-order valence-corrected chi connectivity index (χ3v) is 6.84. The van der Waals surface area contributed by atoms with Gasteiger partial charge in [0.1, 0.15) is 0 Å². The Kier molecular flexibility index (Phi) is 6.86. The molecule has 1 aliphatic heterocycles. The van der Waals surface area contributed by atoms with Crippen molar-refractivity contribution >= 4 is 11.6 Å². The summed E-state index contributed by atoms with van der Waals surface area (Å²) in [4.78, 5) is 14.7. The van der Waals surface area contributed by atoms with Crippen LogP contribution in [0.3, 0.4) is 0 Å². The van der Waals surface area contributed by atoms with Gasteiger partial charge in [0, 0.05) is 36.5 Å². The summed E-state index contributed by atoms with van der Waals surface area (Å²) in [7, 11) is 2.09. The number of alkyl halides is 3. The molecule has 0 aromatic heterocycles. The van der Waals surface area contributed by atoms with Crippen molar-refractivity contribution in [1.82, 2.24) is 4.90 Å². The SMILES string of the molecule is CN(C1CCOCC1)C1CCC(c2ccc(NC(=O)c3ccccc3)cc2C(F)(F)F)C1. The van der Waals surface area contributed by atoms with Crippen LogP contribution in [0.15, 0.2) is 48.5 Å². The molecule has 4 nitrogen and oxygen atoms in total. The summed E-state index contributed by atoms with van der Waals surface area (Å²) >= 11 is 0. The fourth-order valence-corrected chi connectivity index (χ4v) is 5.03. The molecule has 2 unspecified atom stereocenters. The molecule has 2 aliphatic rings. The number of amides is 1. The highest BCUT2D eigenvalue weighted by molar-refractivity contribution is 6.04. The van der Waals surface area contributed by atoms with E-state index >= 15 is 0 Å². The Bertz CT molecular complexity index is 927. The molecule has 7 heteroatoms. The minimum absolute atomic E-state index is 0.141. The number of benzene rings is 2. The molecular weight excluding hydrogens is 417 g/mol. The number of halogens is 3. The van der Waals surface area contributed by atoms with Crippen LogP contribution >= 0.6 is 0 Å². The molecule has 1 heterocycles. The van der Waals surface area contributed by atoms with Crippen molar-refractivity contribution in [3.63, 3.8) is 0 Å². The number of carbonyl (C=O) groups excluding carboxylic acids is 1. The van der Waals surface area contributed by atoms with Gasteiger partial charge in [0.25, 0.3) is 5.91 Å². The molecule has 1 saturated carbocycles. The van der Waals surface area contributed by atoms with E-state index in [0.29, 0.717) is 23.6 Å². The standard InChI is InChI=1S/C25H29F3N2O2/c1-30(20-11-13-32-14-12-20)21-9-7-18(15-21)22-10-8-19(16-23(22)25(26,27)28)29-24(31)17-5-3-2-4-6-17/h2-6,8,10,16,18,20-21H,7,9,11-15H2,1H3,(H,29,31). The summed E-state index contributed by atoms with van der Waals surface area (Å²) in [6, 6.07) is 13.4. The van der Waals surface area contributed by atoms with E-state index in [2.05, 4.69) is 17.3 Å². The van der Waals surface area contributed by atoms with E-state index in [1.54, 1.807) is 42.5 Å². The predicted molar refractivity (Wildman–Crippen MR) is 118 cm³/mol. The van der Waals surface area contributed by atoms with Crippen LogP contribution in [0.2, 0.25) is 0 Å². The largest absolute Gasteiger partial charge is 0.416 e. The van der Waals surface area contributed by atoms with Gasteiger partial charge in [0.15, 0.2) is 0 Å². The highest BCUT2D eigenvalue weighted by atomic mass is 19.4. The quantitative estimate of drug-likeness (QED) is 0.640. The molecule has 172 valence electrons. The lowest BCUT2D eigenvalue weighted by atomic mass is 9.91. The topological polar surface area (TPSA) is 41.6 Å². The minimum atomic E-state index is -4.48. The van der Waals surface area contributed by atoms with Crippen LogP contribution in [-0.2, 0) is 10.9 Å². The number of hydrogen-bond donors (Lipinski definition) is 1. The highest BCUT2D eigenvalue weighted by Gasteiger charge is 2.39. The average Bonchev–Trinajstić information content (AvgIpc) is 3.29. The first-order valence-electron chi connectivity index (χ1n) is 11.2. The number of rotatable bonds is 5. The number of carbonyl (C=O) groups is 1. The first kappa shape index (κ1) is 22.8. The van der Waals surface area contributed by atoms with Crippen LogP contribution in [0.4, 0.5) is 18.9 Å². The van der Waals surface area contributed by atoms with Crippen molar-refractivity contribution in [2.75, 3.05) is 25.6 Å². The van der Waals surface area contributed by atoms with Crippen molar-refractivity contribution in [1.29, 1.82) is 0 Å². The number of ether oxygens (including phenoxy) is 1. The second-order valence-corrected chi connectivity index (χ2v) is 8.79. The molecule has 1 aliphatic carbocycles. The zero-order valence-electron chi connectivity index (χ0n) is 18.2. The normalized spacial score (nSPS) is 22.3. The first-order chi connectivity index (χ1) is 15.3. The lowest BCUT2D eigenvalue weighted by Crippen LogP contribution is -2.42. The van der Waals surface area contributed by atoms with E-state index in [1.165, 1.54) is 0 Å². The van der Waals surface area contributed by atoms with Crippen LogP contribution in [0, 0.1) is 0 Å². The molecule has 2 fully saturated rings. The van der Waals surface area contributed by atoms with Gasteiger partial charge in [-0.15, -0.1) is 0 Å². The van der Waals surface area contributed by atoms with E-state index in [1.807, 2.05) is 0 Å². The highest BCUT2D eigenvalue weighted by Crippen LogP contribution is 2.44. The maximum absolute atomic E-state index is 14.0. The van der Waals surface area contributed by atoms with Gasteiger partial charge in [-0.3, -0.25) is 4.79 Å². The molecule has 0 bridgehead atoms. The van der Waals surface area contributed by atoms with E-state index < -0.39 is 17.6 Å². The Morgan fingerprint density at radius 3 is 2.41 bits per heavy atom. The summed E-state index contributed by atoms with van der Waals surface area (Å²) < 4.78 is 47.3. The molecule has 1 amide bonds. The Morgan fingerprint density at radius 1 is 1.00 bits per heavy atom. The smallest absolute Gasteiger partial charge is 0.381 e. The van der Waals surface area contributed by atoms with Crippen molar-refractivity contribution in [2.45, 2.75) is 56.3 Å². The van der Waals surface area contributed by atoms with Crippen LogP contribution in [0.25, 0.3) is 0 Å². The Labute approximate surface area is 186 Å². The molecule has 32 heavy (non-hydrogen) atoms. The Hall–Kier alpha value is -2.38. The Balaban J connectivity index is 1.50. The molecular formula is C25H29F3N2O2. The lowest BCUT2D eigenvalue weighted by Gasteiger charge is -2.35. The van der Waals surface area contributed by atoms with Gasteiger partial charge in [-0.05, 0) is 74.9 Å². The second kappa shape index (κ2) is 9.63. The zero-order chi connectivity index (χ0) is 22.7. The van der Waals surface area contributed by atoms with Gasteiger partial charge in [0.05, 0.1) is 5.56 Å². The van der Waals surface area contributed by atoms with Crippen LogP contribution in [0.5, 0.6) is 0 Å². The second-order valence-electron chi connectivity index (χ2n) is 8.79. The molecule has 2 atom stereocenters. The molecule has 2 aromatic rings. The summed E-state index contributed by atoms with van der Waals surface area (Å²) in [5.41, 5.74) is 0.240. The third kappa shape index (κ3) is 5.15. The monoisotopic (exact) mass is 446 g/mol. The third-order valence-electron chi connectivity index (χ3n) is 6.84. The zero-order valence-corrected chi connectivity index (χ0v) is 18.2. The fraction of sp³-hybridized carbons (Fsp3) is 0.480. The van der Waals surface area contributed by atoms with Crippen LogP contribution in [0.1, 0.15) is 59.5 Å². The number of hydrogen-bond acceptors (Lipinski definition) is 3. The van der Waals surface area contributed by atoms with Crippen molar-refractivity contribution < 1.29 is 22.7 Å². The fourth-order valence-electron chi connectivity index (χ4n) is 5.03. The molecule has 1 N–H and O–H groups in total. The lowest BCUT2D eigenvalue weighted by molar-refractivity contribution is -0.138. The molecule has 0 spiro atoms. The average molecular weight is 447 g/mol. The number of anilines is 1. The summed E-state index contributed by atoms with van der Waals surface area (Å²) in [6.45, 7) is 1.50. The summed E-state index contributed by atoms with van der Waals surface area (Å²) in [5, 5.41) is 2.60.